The molecule has 24 heavy (non-hydrogen) atoms. The van der Waals surface area contributed by atoms with Gasteiger partial charge in [0.1, 0.15) is 7.05 Å². The molecule has 124 valence electrons. The van der Waals surface area contributed by atoms with Crippen molar-refractivity contribution in [2.45, 2.75) is 0 Å². The summed E-state index contributed by atoms with van der Waals surface area (Å²) in [7, 11) is 4.19. The van der Waals surface area contributed by atoms with Gasteiger partial charge in [0.2, 0.25) is 5.58 Å². The lowest BCUT2D eigenvalue weighted by atomic mass is 10.1. The van der Waals surface area contributed by atoms with Crippen LogP contribution in [0.2, 0.25) is 0 Å². The first kappa shape index (κ1) is 17.4. The number of thioether (sulfide) groups is 1. The third-order valence-electron chi connectivity index (χ3n) is 4.27. The van der Waals surface area contributed by atoms with E-state index in [4.69, 9.17) is 4.42 Å². The fraction of sp³-hybridized carbons (Fsp3) is 0.211. The van der Waals surface area contributed by atoms with Crippen molar-refractivity contribution in [1.29, 1.82) is 0 Å². The van der Waals surface area contributed by atoms with Crippen molar-refractivity contribution >= 4 is 28.9 Å². The van der Waals surface area contributed by atoms with Crippen molar-refractivity contribution in [1.82, 2.24) is 4.90 Å². The molecule has 0 amide bonds. The third kappa shape index (κ3) is 3.19. The fourth-order valence-electron chi connectivity index (χ4n) is 2.87. The number of aromatic nitrogens is 1. The predicted octanol–water partition coefficient (Wildman–Crippen LogP) is 0.905. The highest BCUT2D eigenvalue weighted by atomic mass is 127. The zero-order valence-electron chi connectivity index (χ0n) is 13.7. The van der Waals surface area contributed by atoms with Crippen molar-refractivity contribution in [2.24, 2.45) is 7.05 Å². The highest BCUT2D eigenvalue weighted by Crippen LogP contribution is 2.29. The number of aryl methyl sites for hydroxylation is 1. The monoisotopic (exact) mass is 450 g/mol. The Morgan fingerprint density at radius 1 is 1.12 bits per heavy atom. The lowest BCUT2D eigenvalue weighted by Gasteiger charge is -2.08. The lowest BCUT2D eigenvalue weighted by molar-refractivity contribution is -0.652. The van der Waals surface area contributed by atoms with Crippen molar-refractivity contribution in [3.63, 3.8) is 0 Å². The molecule has 1 aliphatic rings. The second-order valence-electron chi connectivity index (χ2n) is 5.80. The van der Waals surface area contributed by atoms with E-state index in [0.717, 1.165) is 29.3 Å². The topological polar surface area (TPSA) is 20.3 Å². The second kappa shape index (κ2) is 7.19. The molecule has 0 N–H and O–H groups in total. The van der Waals surface area contributed by atoms with Gasteiger partial charge in [-0.2, -0.15) is 4.57 Å². The summed E-state index contributed by atoms with van der Waals surface area (Å²) in [6.45, 7) is 1.10. The Bertz CT molecular complexity index is 889. The largest absolute Gasteiger partial charge is 1.00 e. The number of hydrogen-bond acceptors (Lipinski definition) is 3. The van der Waals surface area contributed by atoms with E-state index in [9.17, 15) is 0 Å². The number of benzene rings is 2. The first-order valence-corrected chi connectivity index (χ1v) is 8.74. The molecule has 0 saturated carbocycles. The molecule has 5 heteroatoms. The zero-order chi connectivity index (χ0) is 15.8. The van der Waals surface area contributed by atoms with Crippen LogP contribution in [0.15, 0.2) is 58.0 Å². The maximum absolute atomic E-state index is 6.05. The average Bonchev–Trinajstić information content (AvgIpc) is 3.13. The molecule has 2 heterocycles. The summed E-state index contributed by atoms with van der Waals surface area (Å²) in [5, 5.41) is 1.27. The van der Waals surface area contributed by atoms with Crippen LogP contribution >= 0.6 is 11.8 Å². The van der Waals surface area contributed by atoms with E-state index in [-0.39, 0.29) is 24.0 Å². The Kier molecular flexibility index (Phi) is 5.20. The van der Waals surface area contributed by atoms with Crippen molar-refractivity contribution in [2.75, 3.05) is 19.3 Å². The summed E-state index contributed by atoms with van der Waals surface area (Å²) in [6, 6.07) is 16.8. The molecule has 2 aromatic carbocycles. The molecule has 0 unspecified atom stereocenters. The van der Waals surface area contributed by atoms with Gasteiger partial charge in [-0.25, -0.2) is 0 Å². The molecule has 0 bridgehead atoms. The van der Waals surface area contributed by atoms with Crippen LogP contribution < -0.4 is 28.5 Å². The van der Waals surface area contributed by atoms with Crippen molar-refractivity contribution in [3.8, 4) is 11.1 Å². The normalized spacial score (nSPS) is 15.9. The van der Waals surface area contributed by atoms with E-state index >= 15 is 0 Å². The lowest BCUT2D eigenvalue weighted by Crippen LogP contribution is -3.00. The molecular formula is C19H19IN2OS. The molecule has 1 aliphatic heterocycles. The van der Waals surface area contributed by atoms with Crippen molar-refractivity contribution in [3.05, 3.63) is 59.5 Å². The molecule has 0 spiro atoms. The molecule has 1 saturated heterocycles. The van der Waals surface area contributed by atoms with Crippen LogP contribution in [0.4, 0.5) is 0 Å². The van der Waals surface area contributed by atoms with Crippen LogP contribution in [0.5, 0.6) is 0 Å². The third-order valence-corrected chi connectivity index (χ3v) is 5.38. The number of rotatable bonds is 2. The Morgan fingerprint density at radius 2 is 1.92 bits per heavy atom. The highest BCUT2D eigenvalue weighted by molar-refractivity contribution is 8.03. The number of hydrogen-bond donors (Lipinski definition) is 0. The summed E-state index contributed by atoms with van der Waals surface area (Å²) in [5.74, 6) is 2.03. The van der Waals surface area contributed by atoms with Gasteiger partial charge in [-0.1, -0.05) is 36.4 Å². The molecular weight excluding hydrogens is 431 g/mol. The highest BCUT2D eigenvalue weighted by Gasteiger charge is 2.21. The van der Waals surface area contributed by atoms with E-state index in [1.807, 2.05) is 17.8 Å². The Balaban J connectivity index is 0.00000169. The van der Waals surface area contributed by atoms with Gasteiger partial charge in [0.15, 0.2) is 0 Å². The minimum absolute atomic E-state index is 0. The number of fused-ring (bicyclic) bond motifs is 1. The van der Waals surface area contributed by atoms with Crippen LogP contribution in [0.1, 0.15) is 5.89 Å². The van der Waals surface area contributed by atoms with E-state index in [1.54, 1.807) is 0 Å². The summed E-state index contributed by atoms with van der Waals surface area (Å²) < 4.78 is 8.17. The van der Waals surface area contributed by atoms with Gasteiger partial charge >= 0.3 is 5.89 Å². The fourth-order valence-corrected chi connectivity index (χ4v) is 3.94. The maximum atomic E-state index is 6.05. The van der Waals surface area contributed by atoms with Crippen LogP contribution in [-0.2, 0) is 7.05 Å². The van der Waals surface area contributed by atoms with E-state index in [2.05, 4.69) is 72.1 Å². The number of halogens is 1. The predicted molar refractivity (Wildman–Crippen MR) is 95.9 cm³/mol. The van der Waals surface area contributed by atoms with Gasteiger partial charge in [-0.3, -0.25) is 0 Å². The van der Waals surface area contributed by atoms with E-state index in [0.29, 0.717) is 0 Å². The molecule has 0 atom stereocenters. The Labute approximate surface area is 163 Å². The quantitative estimate of drug-likeness (QED) is 0.428. The molecule has 4 rings (SSSR count). The average molecular weight is 450 g/mol. The summed E-state index contributed by atoms with van der Waals surface area (Å²) in [6.07, 6.45) is 2.14. The van der Waals surface area contributed by atoms with Gasteiger partial charge in [0, 0.05) is 25.4 Å². The van der Waals surface area contributed by atoms with Gasteiger partial charge < -0.3 is 33.3 Å². The standard InChI is InChI=1S/C19H19N2OS.HI/c1-20-10-11-23-19(20)13-18-21(2)16-12-15(8-9-17(16)22-18)14-6-4-3-5-7-14;/h3-9,12-13H,10-11H2,1-2H3;1H/q+1;/p-1. The van der Waals surface area contributed by atoms with E-state index < -0.39 is 0 Å². The second-order valence-corrected chi connectivity index (χ2v) is 6.92. The molecule has 3 aromatic rings. The minimum Gasteiger partial charge on any atom is -1.00 e. The van der Waals surface area contributed by atoms with Crippen LogP contribution in [0.25, 0.3) is 28.3 Å². The SMILES string of the molecule is CN1CCS/C1=C\c1oc2ccc(-c3ccccc3)cc2[n+]1C.[I-]. The summed E-state index contributed by atoms with van der Waals surface area (Å²) in [5.41, 5.74) is 4.47. The van der Waals surface area contributed by atoms with Gasteiger partial charge in [-0.05, 0) is 17.2 Å². The zero-order valence-corrected chi connectivity index (χ0v) is 16.7. The number of oxazole rings is 1. The Morgan fingerprint density at radius 3 is 2.62 bits per heavy atom. The molecule has 0 radical (unpaired) electrons. The summed E-state index contributed by atoms with van der Waals surface area (Å²) in [4.78, 5) is 2.27. The van der Waals surface area contributed by atoms with Crippen LogP contribution in [0, 0.1) is 0 Å². The molecule has 1 aromatic heterocycles. The first-order chi connectivity index (χ1) is 11.2. The Hall–Kier alpha value is -1.47. The van der Waals surface area contributed by atoms with Gasteiger partial charge in [-0.15, -0.1) is 11.8 Å². The maximum Gasteiger partial charge on any atom is 0.376 e. The first-order valence-electron chi connectivity index (χ1n) is 7.76. The molecule has 1 fully saturated rings. The van der Waals surface area contributed by atoms with Gasteiger partial charge in [0.05, 0.1) is 11.1 Å². The van der Waals surface area contributed by atoms with E-state index in [1.165, 1.54) is 16.2 Å². The summed E-state index contributed by atoms with van der Waals surface area (Å²) >= 11 is 1.88. The minimum atomic E-state index is 0. The van der Waals surface area contributed by atoms with Crippen molar-refractivity contribution < 1.29 is 33.0 Å². The van der Waals surface area contributed by atoms with Gasteiger partial charge in [0.25, 0.3) is 5.52 Å². The molecule has 3 nitrogen and oxygen atoms in total. The van der Waals surface area contributed by atoms with Crippen LogP contribution in [-0.4, -0.2) is 24.2 Å². The van der Waals surface area contributed by atoms with Crippen LogP contribution in [0.3, 0.4) is 0 Å². The molecule has 0 aliphatic carbocycles. The smallest absolute Gasteiger partial charge is 0.376 e. The number of nitrogens with zero attached hydrogens (tertiary/aromatic N) is 2.